The monoisotopic (exact) mass is 364 g/mol. The zero-order valence-electron chi connectivity index (χ0n) is 9.13. The SMILES string of the molecule is Cc1nc(Br)ccc1NC(=O)c1cc(Cl)sc1Cl. The van der Waals surface area contributed by atoms with Crippen LogP contribution >= 0.6 is 50.5 Å². The lowest BCUT2D eigenvalue weighted by Gasteiger charge is -2.07. The number of nitrogens with zero attached hydrogens (tertiary/aromatic N) is 1. The van der Waals surface area contributed by atoms with E-state index in [-0.39, 0.29) is 5.91 Å². The molecule has 2 aromatic rings. The zero-order chi connectivity index (χ0) is 13.3. The minimum Gasteiger partial charge on any atom is -0.320 e. The van der Waals surface area contributed by atoms with Gasteiger partial charge in [-0.25, -0.2) is 4.98 Å². The van der Waals surface area contributed by atoms with E-state index in [9.17, 15) is 4.79 Å². The maximum Gasteiger partial charge on any atom is 0.258 e. The molecule has 0 aliphatic rings. The van der Waals surface area contributed by atoms with Crippen LogP contribution in [0.15, 0.2) is 22.8 Å². The number of pyridine rings is 1. The van der Waals surface area contributed by atoms with Gasteiger partial charge in [0.2, 0.25) is 0 Å². The first-order valence-electron chi connectivity index (χ1n) is 4.86. The van der Waals surface area contributed by atoms with Crippen molar-refractivity contribution in [3.05, 3.63) is 42.7 Å². The largest absolute Gasteiger partial charge is 0.320 e. The van der Waals surface area contributed by atoms with Crippen molar-refractivity contribution in [3.63, 3.8) is 0 Å². The number of nitrogens with one attached hydrogen (secondary N) is 1. The molecular weight excluding hydrogens is 359 g/mol. The average molecular weight is 366 g/mol. The molecule has 2 aromatic heterocycles. The second-order valence-electron chi connectivity index (χ2n) is 3.46. The van der Waals surface area contributed by atoms with E-state index < -0.39 is 0 Å². The van der Waals surface area contributed by atoms with E-state index in [1.54, 1.807) is 18.2 Å². The van der Waals surface area contributed by atoms with Crippen LogP contribution in [0.4, 0.5) is 5.69 Å². The first kappa shape index (κ1) is 13.8. The summed E-state index contributed by atoms with van der Waals surface area (Å²) in [5.74, 6) is -0.296. The van der Waals surface area contributed by atoms with E-state index >= 15 is 0 Å². The van der Waals surface area contributed by atoms with E-state index in [0.29, 0.717) is 19.9 Å². The third-order valence-electron chi connectivity index (χ3n) is 2.20. The van der Waals surface area contributed by atoms with E-state index in [0.717, 1.165) is 21.6 Å². The van der Waals surface area contributed by atoms with Gasteiger partial charge in [0.15, 0.2) is 0 Å². The van der Waals surface area contributed by atoms with Gasteiger partial charge in [0, 0.05) is 0 Å². The van der Waals surface area contributed by atoms with Crippen LogP contribution in [-0.4, -0.2) is 10.9 Å². The van der Waals surface area contributed by atoms with Crippen molar-refractivity contribution >= 4 is 62.1 Å². The molecule has 2 rings (SSSR count). The summed E-state index contributed by atoms with van der Waals surface area (Å²) < 4.78 is 1.57. The van der Waals surface area contributed by atoms with Crippen molar-refractivity contribution in [2.24, 2.45) is 0 Å². The molecule has 0 aromatic carbocycles. The molecule has 0 aliphatic carbocycles. The van der Waals surface area contributed by atoms with Gasteiger partial charge in [0.25, 0.3) is 5.91 Å². The van der Waals surface area contributed by atoms with Crippen molar-refractivity contribution < 1.29 is 4.79 Å². The number of rotatable bonds is 2. The topological polar surface area (TPSA) is 42.0 Å². The Morgan fingerprint density at radius 2 is 2.17 bits per heavy atom. The Morgan fingerprint density at radius 3 is 2.72 bits per heavy atom. The van der Waals surface area contributed by atoms with E-state index in [1.807, 2.05) is 6.92 Å². The molecule has 94 valence electrons. The van der Waals surface area contributed by atoms with Gasteiger partial charge in [-0.2, -0.15) is 0 Å². The minimum absolute atomic E-state index is 0.296. The number of halogens is 3. The fourth-order valence-electron chi connectivity index (χ4n) is 1.35. The second-order valence-corrected chi connectivity index (χ2v) is 6.56. The average Bonchev–Trinajstić information content (AvgIpc) is 2.62. The number of thiophene rings is 1. The number of aryl methyl sites for hydroxylation is 1. The Balaban J connectivity index is 2.24. The maximum absolute atomic E-state index is 12.0. The smallest absolute Gasteiger partial charge is 0.258 e. The van der Waals surface area contributed by atoms with Gasteiger partial charge in [-0.1, -0.05) is 23.2 Å². The van der Waals surface area contributed by atoms with Gasteiger partial charge in [-0.05, 0) is 41.1 Å². The number of aromatic nitrogens is 1. The zero-order valence-corrected chi connectivity index (χ0v) is 13.0. The third kappa shape index (κ3) is 3.03. The quantitative estimate of drug-likeness (QED) is 0.778. The first-order chi connectivity index (χ1) is 8.47. The molecule has 0 bridgehead atoms. The summed E-state index contributed by atoms with van der Waals surface area (Å²) in [7, 11) is 0. The molecule has 1 amide bonds. The number of hydrogen-bond acceptors (Lipinski definition) is 3. The highest BCUT2D eigenvalue weighted by atomic mass is 79.9. The Labute approximate surface area is 126 Å². The highest BCUT2D eigenvalue weighted by molar-refractivity contribution is 9.10. The Bertz CT molecular complexity index is 615. The van der Waals surface area contributed by atoms with Crippen LogP contribution in [0, 0.1) is 6.92 Å². The van der Waals surface area contributed by atoms with Gasteiger partial charge >= 0.3 is 0 Å². The van der Waals surface area contributed by atoms with E-state index in [2.05, 4.69) is 26.2 Å². The molecule has 18 heavy (non-hydrogen) atoms. The molecule has 0 radical (unpaired) electrons. The first-order valence-corrected chi connectivity index (χ1v) is 7.23. The number of carbonyl (C=O) groups is 1. The maximum atomic E-state index is 12.0. The number of carbonyl (C=O) groups excluding carboxylic acids is 1. The molecule has 3 nitrogen and oxygen atoms in total. The van der Waals surface area contributed by atoms with Crippen LogP contribution in [0.2, 0.25) is 8.67 Å². The van der Waals surface area contributed by atoms with Gasteiger partial charge in [0.05, 0.1) is 21.3 Å². The van der Waals surface area contributed by atoms with Crippen LogP contribution in [0.5, 0.6) is 0 Å². The second kappa shape index (κ2) is 5.57. The highest BCUT2D eigenvalue weighted by Crippen LogP contribution is 2.31. The molecule has 0 saturated heterocycles. The van der Waals surface area contributed by atoms with E-state index in [4.69, 9.17) is 23.2 Å². The van der Waals surface area contributed by atoms with Crippen molar-refractivity contribution in [1.82, 2.24) is 4.98 Å². The molecule has 0 fully saturated rings. The molecule has 0 unspecified atom stereocenters. The summed E-state index contributed by atoms with van der Waals surface area (Å²) in [6.07, 6.45) is 0. The molecule has 2 heterocycles. The fourth-order valence-corrected chi connectivity index (χ4v) is 3.20. The summed E-state index contributed by atoms with van der Waals surface area (Å²) >= 11 is 16.1. The lowest BCUT2D eigenvalue weighted by atomic mass is 10.2. The normalized spacial score (nSPS) is 10.4. The van der Waals surface area contributed by atoms with Crippen LogP contribution < -0.4 is 5.32 Å². The van der Waals surface area contributed by atoms with Crippen molar-refractivity contribution in [3.8, 4) is 0 Å². The highest BCUT2D eigenvalue weighted by Gasteiger charge is 2.15. The summed E-state index contributed by atoms with van der Waals surface area (Å²) in [4.78, 5) is 16.2. The van der Waals surface area contributed by atoms with Crippen LogP contribution in [0.1, 0.15) is 16.1 Å². The van der Waals surface area contributed by atoms with Gasteiger partial charge in [-0.3, -0.25) is 4.79 Å². The minimum atomic E-state index is -0.296. The lowest BCUT2D eigenvalue weighted by Crippen LogP contribution is -2.12. The molecule has 0 saturated carbocycles. The van der Waals surface area contributed by atoms with Crippen molar-refractivity contribution in [1.29, 1.82) is 0 Å². The molecule has 1 N–H and O–H groups in total. The summed E-state index contributed by atoms with van der Waals surface area (Å²) in [6.45, 7) is 1.81. The molecule has 0 atom stereocenters. The van der Waals surface area contributed by atoms with E-state index in [1.165, 1.54) is 0 Å². The number of hydrogen-bond donors (Lipinski definition) is 1. The number of amides is 1. The van der Waals surface area contributed by atoms with Gasteiger partial charge < -0.3 is 5.32 Å². The Hall–Kier alpha value is -0.620. The van der Waals surface area contributed by atoms with Crippen LogP contribution in [0.25, 0.3) is 0 Å². The Morgan fingerprint density at radius 1 is 1.44 bits per heavy atom. The lowest BCUT2D eigenvalue weighted by molar-refractivity contribution is 0.102. The predicted octanol–water partition coefficient (Wildman–Crippen LogP) is 4.77. The summed E-state index contributed by atoms with van der Waals surface area (Å²) in [5.41, 5.74) is 1.73. The molecule has 0 spiro atoms. The van der Waals surface area contributed by atoms with Crippen LogP contribution in [0.3, 0.4) is 0 Å². The van der Waals surface area contributed by atoms with Gasteiger partial charge in [0.1, 0.15) is 8.94 Å². The fraction of sp³-hybridized carbons (Fsp3) is 0.0909. The molecule has 7 heteroatoms. The third-order valence-corrected chi connectivity index (χ3v) is 4.13. The van der Waals surface area contributed by atoms with Crippen molar-refractivity contribution in [2.45, 2.75) is 6.92 Å². The van der Waals surface area contributed by atoms with Crippen molar-refractivity contribution in [2.75, 3.05) is 5.32 Å². The molecular formula is C11H7BrCl2N2OS. The summed E-state index contributed by atoms with van der Waals surface area (Å²) in [5, 5.41) is 2.75. The predicted molar refractivity (Wildman–Crippen MR) is 79.0 cm³/mol. The van der Waals surface area contributed by atoms with Gasteiger partial charge in [-0.15, -0.1) is 11.3 Å². The molecule has 0 aliphatic heterocycles. The standard InChI is InChI=1S/C11H7BrCl2N2OS/c1-5-7(2-3-8(12)15-5)16-11(17)6-4-9(13)18-10(6)14/h2-4H,1H3,(H,16,17). The number of anilines is 1. The Kier molecular flexibility index (Phi) is 4.27. The summed E-state index contributed by atoms with van der Waals surface area (Å²) in [6, 6.07) is 5.07. The van der Waals surface area contributed by atoms with Crippen LogP contribution in [-0.2, 0) is 0 Å².